The minimum Gasteiger partial charge on any atom is -0.258 e. The third-order valence-corrected chi connectivity index (χ3v) is 3.41. The number of hydrogen-bond acceptors (Lipinski definition) is 5. The zero-order valence-corrected chi connectivity index (χ0v) is 12.3. The molecule has 0 bridgehead atoms. The van der Waals surface area contributed by atoms with Crippen LogP contribution < -0.4 is 0 Å². The lowest BCUT2D eigenvalue weighted by atomic mass is 9.92. The quantitative estimate of drug-likeness (QED) is 0.511. The van der Waals surface area contributed by atoms with Gasteiger partial charge in [0.05, 0.1) is 16.6 Å². The molecule has 0 spiro atoms. The molecule has 0 amide bonds. The molecule has 0 aliphatic carbocycles. The summed E-state index contributed by atoms with van der Waals surface area (Å²) in [5, 5.41) is 24.7. The van der Waals surface area contributed by atoms with Gasteiger partial charge in [-0.2, -0.15) is 19.1 Å². The van der Waals surface area contributed by atoms with Crippen LogP contribution in [-0.4, -0.2) is 25.8 Å². The largest absolute Gasteiger partial charge is 0.343 e. The number of rotatable bonds is 5. The molecule has 0 aliphatic rings. The molecule has 10 heteroatoms. The number of nitrogens with zero attached hydrogens (tertiary/aromatic N) is 4. The number of non-ortho nitro benzene ring substituents is 1. The number of aromatic amines is 1. The van der Waals surface area contributed by atoms with Crippen molar-refractivity contribution in [3.8, 4) is 17.5 Å². The highest BCUT2D eigenvalue weighted by Crippen LogP contribution is 2.44. The number of benzene rings is 1. The maximum atomic E-state index is 14.3. The van der Waals surface area contributed by atoms with E-state index in [1.165, 1.54) is 18.2 Å². The summed E-state index contributed by atoms with van der Waals surface area (Å²) in [5.41, 5.74) is -4.28. The first-order chi connectivity index (χ1) is 11.1. The predicted octanol–water partition coefficient (Wildman–Crippen LogP) is 3.28. The Balaban J connectivity index is 2.38. The van der Waals surface area contributed by atoms with E-state index in [1.807, 2.05) is 5.10 Å². The highest BCUT2D eigenvalue weighted by atomic mass is 19.3. The maximum absolute atomic E-state index is 14.3. The van der Waals surface area contributed by atoms with E-state index in [9.17, 15) is 23.3 Å². The van der Waals surface area contributed by atoms with Gasteiger partial charge in [0.15, 0.2) is 11.6 Å². The van der Waals surface area contributed by atoms with Crippen molar-refractivity contribution in [1.29, 1.82) is 5.26 Å². The van der Waals surface area contributed by atoms with Crippen LogP contribution in [0.4, 0.5) is 18.9 Å². The summed E-state index contributed by atoms with van der Waals surface area (Å²) in [5.74, 6) is -5.46. The van der Waals surface area contributed by atoms with Gasteiger partial charge in [0, 0.05) is 17.7 Å². The number of alkyl halides is 3. The lowest BCUT2D eigenvalue weighted by Gasteiger charge is -2.27. The number of aromatic nitrogens is 3. The second-order valence-corrected chi connectivity index (χ2v) is 4.98. The molecule has 1 heterocycles. The minimum absolute atomic E-state index is 0.193. The Kier molecular flexibility index (Phi) is 4.12. The third-order valence-electron chi connectivity index (χ3n) is 3.41. The average Bonchev–Trinajstić information content (AvgIpc) is 3.04. The first kappa shape index (κ1) is 17.1. The van der Waals surface area contributed by atoms with E-state index in [1.54, 1.807) is 0 Å². The number of H-pyrrole nitrogens is 1. The molecule has 1 atom stereocenters. The number of halogens is 3. The predicted molar refractivity (Wildman–Crippen MR) is 76.6 cm³/mol. The van der Waals surface area contributed by atoms with Gasteiger partial charge in [0.25, 0.3) is 5.69 Å². The van der Waals surface area contributed by atoms with E-state index < -0.39 is 27.9 Å². The topological polar surface area (TPSA) is 108 Å². The number of allylic oxidation sites excluding steroid dienone is 1. The highest BCUT2D eigenvalue weighted by molar-refractivity contribution is 5.57. The van der Waals surface area contributed by atoms with Crippen LogP contribution in [0.1, 0.15) is 12.7 Å². The molecule has 124 valence electrons. The lowest BCUT2D eigenvalue weighted by molar-refractivity contribution is -0.384. The summed E-state index contributed by atoms with van der Waals surface area (Å²) >= 11 is 0. The van der Waals surface area contributed by atoms with Crippen LogP contribution in [0.5, 0.6) is 0 Å². The molecule has 0 aliphatic heterocycles. The zero-order chi connectivity index (χ0) is 18.1. The van der Waals surface area contributed by atoms with E-state index in [4.69, 9.17) is 5.26 Å². The van der Waals surface area contributed by atoms with Gasteiger partial charge in [-0.3, -0.25) is 15.2 Å². The summed E-state index contributed by atoms with van der Waals surface area (Å²) in [7, 11) is 0. The second kappa shape index (κ2) is 5.77. The van der Waals surface area contributed by atoms with Crippen LogP contribution in [0, 0.1) is 21.4 Å². The van der Waals surface area contributed by atoms with Crippen LogP contribution in [0.15, 0.2) is 36.4 Å². The molecule has 24 heavy (non-hydrogen) atoms. The Morgan fingerprint density at radius 1 is 1.38 bits per heavy atom. The summed E-state index contributed by atoms with van der Waals surface area (Å²) in [6.45, 7) is 3.51. The first-order valence-electron chi connectivity index (χ1n) is 6.45. The molecule has 0 saturated heterocycles. The van der Waals surface area contributed by atoms with E-state index >= 15 is 0 Å². The monoisotopic (exact) mass is 337 g/mol. The van der Waals surface area contributed by atoms with E-state index in [2.05, 4.69) is 16.7 Å². The van der Waals surface area contributed by atoms with Crippen LogP contribution in [0.25, 0.3) is 11.4 Å². The second-order valence-electron chi connectivity index (χ2n) is 4.98. The van der Waals surface area contributed by atoms with Gasteiger partial charge in [0.1, 0.15) is 0 Å². The molecule has 2 aromatic rings. The van der Waals surface area contributed by atoms with Crippen molar-refractivity contribution in [2.75, 3.05) is 0 Å². The van der Waals surface area contributed by atoms with Crippen molar-refractivity contribution >= 4 is 5.69 Å². The van der Waals surface area contributed by atoms with Crippen molar-refractivity contribution in [2.45, 2.75) is 18.5 Å². The van der Waals surface area contributed by atoms with Crippen molar-refractivity contribution in [3.63, 3.8) is 0 Å². The Hall–Kier alpha value is -3.22. The smallest absolute Gasteiger partial charge is 0.258 e. The van der Waals surface area contributed by atoms with Crippen LogP contribution in [-0.2, 0) is 5.92 Å². The normalized spacial score (nSPS) is 13.8. The Morgan fingerprint density at radius 3 is 2.46 bits per heavy atom. The van der Waals surface area contributed by atoms with Crippen LogP contribution in [0.2, 0.25) is 0 Å². The SMILES string of the molecule is C=C(C#N)C(C)(F)C(F)(F)c1nc(-c2ccc([N+](=O)[O-])cc2)n[nH]1. The van der Waals surface area contributed by atoms with Crippen molar-refractivity contribution in [1.82, 2.24) is 15.2 Å². The molecule has 1 aromatic heterocycles. The van der Waals surface area contributed by atoms with Gasteiger partial charge < -0.3 is 0 Å². The zero-order valence-electron chi connectivity index (χ0n) is 12.3. The van der Waals surface area contributed by atoms with Crippen LogP contribution in [0.3, 0.4) is 0 Å². The molecule has 0 saturated carbocycles. The van der Waals surface area contributed by atoms with Gasteiger partial charge >= 0.3 is 5.92 Å². The Labute approximate surface area is 133 Å². The molecule has 0 fully saturated rings. The fourth-order valence-corrected chi connectivity index (χ4v) is 1.78. The number of hydrogen-bond donors (Lipinski definition) is 1. The molecule has 7 nitrogen and oxygen atoms in total. The molecule has 1 unspecified atom stereocenters. The van der Waals surface area contributed by atoms with Crippen molar-refractivity contribution < 1.29 is 18.1 Å². The first-order valence-corrected chi connectivity index (χ1v) is 6.45. The van der Waals surface area contributed by atoms with Crippen LogP contribution >= 0.6 is 0 Å². The van der Waals surface area contributed by atoms with Crippen molar-refractivity contribution in [3.05, 3.63) is 52.4 Å². The van der Waals surface area contributed by atoms with Crippen molar-refractivity contribution in [2.24, 2.45) is 0 Å². The number of nitrogens with one attached hydrogen (secondary N) is 1. The Bertz CT molecular complexity index is 837. The lowest BCUT2D eigenvalue weighted by Crippen LogP contribution is -2.41. The summed E-state index contributed by atoms with van der Waals surface area (Å²) in [6.07, 6.45) is 0. The molecule has 0 radical (unpaired) electrons. The van der Waals surface area contributed by atoms with Gasteiger partial charge in [-0.05, 0) is 19.1 Å². The standard InChI is InChI=1S/C14H10F3N5O2/c1-8(7-18)13(2,15)14(16,17)12-19-11(20-21-12)9-3-5-10(6-4-9)22(23)24/h3-6H,1H2,2H3,(H,19,20,21). The highest BCUT2D eigenvalue weighted by Gasteiger charge is 2.57. The maximum Gasteiger partial charge on any atom is 0.343 e. The molecule has 1 aromatic carbocycles. The average molecular weight is 337 g/mol. The Morgan fingerprint density at radius 2 is 1.96 bits per heavy atom. The molecular formula is C14H10F3N5O2. The van der Waals surface area contributed by atoms with E-state index in [-0.39, 0.29) is 17.1 Å². The van der Waals surface area contributed by atoms with Gasteiger partial charge in [0.2, 0.25) is 5.67 Å². The fraction of sp³-hybridized carbons (Fsp3) is 0.214. The van der Waals surface area contributed by atoms with Gasteiger partial charge in [-0.1, -0.05) is 6.58 Å². The summed E-state index contributed by atoms with van der Waals surface area (Å²) in [6, 6.07) is 6.11. The molecular weight excluding hydrogens is 327 g/mol. The number of nitro benzene ring substituents is 1. The van der Waals surface area contributed by atoms with Gasteiger partial charge in [-0.15, -0.1) is 0 Å². The van der Waals surface area contributed by atoms with Gasteiger partial charge in [-0.25, -0.2) is 9.37 Å². The van der Waals surface area contributed by atoms with E-state index in [0.717, 1.165) is 12.1 Å². The number of nitriles is 1. The fourth-order valence-electron chi connectivity index (χ4n) is 1.78. The molecule has 2 rings (SSSR count). The van der Waals surface area contributed by atoms with E-state index in [0.29, 0.717) is 6.92 Å². The number of nitro groups is 1. The third kappa shape index (κ3) is 2.71. The minimum atomic E-state index is -4.17. The molecule has 1 N–H and O–H groups in total. The summed E-state index contributed by atoms with van der Waals surface area (Å²) in [4.78, 5) is 13.5. The summed E-state index contributed by atoms with van der Waals surface area (Å²) < 4.78 is 42.8.